The molecule has 0 saturated heterocycles. The number of hydrogen-bond acceptors (Lipinski definition) is 2. The Hall–Kier alpha value is 0.497. The summed E-state index contributed by atoms with van der Waals surface area (Å²) in [5, 5.41) is 0. The molecule has 0 aromatic rings. The molecule has 0 amide bonds. The SMILES string of the molecule is CC(C)N(C(C)C)P(F)N(C)[Si](C)(C)C. The minimum absolute atomic E-state index is 0.264. The van der Waals surface area contributed by atoms with Crippen LogP contribution in [0, 0.1) is 0 Å². The first-order valence-electron chi connectivity index (χ1n) is 5.57. The summed E-state index contributed by atoms with van der Waals surface area (Å²) in [4.78, 5) is 0. The fraction of sp³-hybridized carbons (Fsp3) is 1.00. The third kappa shape index (κ3) is 4.47. The van der Waals surface area contributed by atoms with Crippen molar-refractivity contribution in [2.75, 3.05) is 7.05 Å². The minimum atomic E-state index is -1.64. The molecule has 15 heavy (non-hydrogen) atoms. The zero-order valence-electron chi connectivity index (χ0n) is 11.4. The Morgan fingerprint density at radius 2 is 1.33 bits per heavy atom. The molecule has 0 saturated carbocycles. The first kappa shape index (κ1) is 15.5. The van der Waals surface area contributed by atoms with Crippen molar-refractivity contribution in [1.82, 2.24) is 9.01 Å². The van der Waals surface area contributed by atoms with Gasteiger partial charge in [0.05, 0.1) is 0 Å². The van der Waals surface area contributed by atoms with Gasteiger partial charge in [-0.15, -0.1) is 0 Å². The minimum Gasteiger partial charge on any atom is -0.268 e. The summed E-state index contributed by atoms with van der Waals surface area (Å²) in [6.45, 7) is 14.8. The second-order valence-corrected chi connectivity index (χ2v) is 12.4. The van der Waals surface area contributed by atoms with Crippen molar-refractivity contribution in [1.29, 1.82) is 0 Å². The van der Waals surface area contributed by atoms with E-state index in [9.17, 15) is 4.20 Å². The largest absolute Gasteiger partial charge is 0.268 e. The summed E-state index contributed by atoms with van der Waals surface area (Å²) in [6.07, 6.45) is 0. The summed E-state index contributed by atoms with van der Waals surface area (Å²) in [7, 11) is -1.25. The van der Waals surface area contributed by atoms with Gasteiger partial charge in [0.15, 0.2) is 0 Å². The van der Waals surface area contributed by atoms with Crippen LogP contribution in [0.4, 0.5) is 4.20 Å². The maximum absolute atomic E-state index is 14.4. The molecule has 0 aromatic heterocycles. The van der Waals surface area contributed by atoms with Crippen molar-refractivity contribution < 1.29 is 4.20 Å². The molecule has 1 atom stereocenters. The maximum atomic E-state index is 14.4. The number of nitrogens with zero attached hydrogens (tertiary/aromatic N) is 2. The van der Waals surface area contributed by atoms with E-state index < -0.39 is 16.8 Å². The first-order valence-corrected chi connectivity index (χ1v) is 10.2. The van der Waals surface area contributed by atoms with E-state index in [1.807, 2.05) is 16.1 Å². The molecular formula is C10H26FN2PSi. The Morgan fingerprint density at radius 3 is 1.53 bits per heavy atom. The lowest BCUT2D eigenvalue weighted by Gasteiger charge is -2.41. The molecule has 5 heteroatoms. The van der Waals surface area contributed by atoms with Gasteiger partial charge in [0.2, 0.25) is 8.53 Å². The molecule has 0 rings (SSSR count). The lowest BCUT2D eigenvalue weighted by Crippen LogP contribution is -2.44. The quantitative estimate of drug-likeness (QED) is 0.537. The highest BCUT2D eigenvalue weighted by Crippen LogP contribution is 2.49. The van der Waals surface area contributed by atoms with Crippen molar-refractivity contribution in [2.24, 2.45) is 0 Å². The van der Waals surface area contributed by atoms with Crippen LogP contribution in [0.15, 0.2) is 0 Å². The van der Waals surface area contributed by atoms with Gasteiger partial charge in [-0.25, -0.2) is 4.67 Å². The molecular weight excluding hydrogens is 226 g/mol. The van der Waals surface area contributed by atoms with Gasteiger partial charge in [-0.1, -0.05) is 19.6 Å². The van der Waals surface area contributed by atoms with Crippen LogP contribution in [0.2, 0.25) is 19.6 Å². The van der Waals surface area contributed by atoms with Crippen LogP contribution in [0.5, 0.6) is 0 Å². The standard InChI is InChI=1S/C10H26FN2PSi/c1-9(2)13(10(3)4)14(11)12(5)15(6,7)8/h9-10H,1-8H3. The Bertz CT molecular complexity index is 186. The van der Waals surface area contributed by atoms with Crippen LogP contribution in [0.1, 0.15) is 27.7 Å². The molecule has 0 aliphatic rings. The van der Waals surface area contributed by atoms with Gasteiger partial charge in [0.25, 0.3) is 0 Å². The van der Waals surface area contributed by atoms with Crippen LogP contribution in [0.3, 0.4) is 0 Å². The second kappa shape index (κ2) is 5.71. The van der Waals surface area contributed by atoms with Crippen molar-refractivity contribution >= 4 is 16.8 Å². The van der Waals surface area contributed by atoms with Crippen LogP contribution in [-0.4, -0.2) is 36.4 Å². The highest BCUT2D eigenvalue weighted by Gasteiger charge is 2.34. The second-order valence-electron chi connectivity index (χ2n) is 5.50. The predicted molar refractivity (Wildman–Crippen MR) is 71.2 cm³/mol. The molecule has 0 spiro atoms. The van der Waals surface area contributed by atoms with Crippen LogP contribution >= 0.6 is 8.53 Å². The van der Waals surface area contributed by atoms with Gasteiger partial charge in [-0.3, -0.25) is 4.34 Å². The highest BCUT2D eigenvalue weighted by molar-refractivity contribution is 7.49. The van der Waals surface area contributed by atoms with Crippen molar-refractivity contribution in [3.8, 4) is 0 Å². The first-order chi connectivity index (χ1) is 6.59. The molecule has 0 heterocycles. The summed E-state index contributed by atoms with van der Waals surface area (Å²) in [5.41, 5.74) is 0. The molecule has 0 N–H and O–H groups in total. The molecule has 92 valence electrons. The molecule has 0 radical (unpaired) electrons. The maximum Gasteiger partial charge on any atom is 0.230 e. The van der Waals surface area contributed by atoms with Crippen molar-refractivity contribution in [3.05, 3.63) is 0 Å². The Morgan fingerprint density at radius 1 is 1.00 bits per heavy atom. The van der Waals surface area contributed by atoms with Crippen LogP contribution in [-0.2, 0) is 0 Å². The van der Waals surface area contributed by atoms with E-state index in [-0.39, 0.29) is 12.1 Å². The predicted octanol–water partition coefficient (Wildman–Crippen LogP) is 4.07. The van der Waals surface area contributed by atoms with Gasteiger partial charge >= 0.3 is 0 Å². The van der Waals surface area contributed by atoms with Crippen molar-refractivity contribution in [3.63, 3.8) is 0 Å². The Labute approximate surface area is 96.9 Å². The topological polar surface area (TPSA) is 6.48 Å². The van der Waals surface area contributed by atoms with Crippen LogP contribution < -0.4 is 0 Å². The molecule has 0 aliphatic heterocycles. The fourth-order valence-corrected chi connectivity index (χ4v) is 4.74. The van der Waals surface area contributed by atoms with E-state index in [2.05, 4.69) is 47.3 Å². The third-order valence-corrected chi connectivity index (χ3v) is 8.50. The third-order valence-electron chi connectivity index (χ3n) is 2.47. The van der Waals surface area contributed by atoms with Gasteiger partial charge < -0.3 is 0 Å². The summed E-state index contributed by atoms with van der Waals surface area (Å²) >= 11 is 0. The molecule has 0 aliphatic carbocycles. The molecule has 0 bridgehead atoms. The number of hydrogen-bond donors (Lipinski definition) is 0. The number of halogens is 1. The molecule has 2 nitrogen and oxygen atoms in total. The monoisotopic (exact) mass is 252 g/mol. The summed E-state index contributed by atoms with van der Waals surface area (Å²) in [6, 6.07) is 0.528. The van der Waals surface area contributed by atoms with Crippen LogP contribution in [0.25, 0.3) is 0 Å². The molecule has 0 fully saturated rings. The van der Waals surface area contributed by atoms with Crippen molar-refractivity contribution in [2.45, 2.75) is 59.4 Å². The van der Waals surface area contributed by atoms with E-state index in [0.717, 1.165) is 0 Å². The lowest BCUT2D eigenvalue weighted by molar-refractivity contribution is 0.298. The van der Waals surface area contributed by atoms with Gasteiger partial charge in [0, 0.05) is 12.1 Å². The molecule has 0 aromatic carbocycles. The Balaban J connectivity index is 4.72. The zero-order chi connectivity index (χ0) is 12.4. The summed E-state index contributed by atoms with van der Waals surface area (Å²) in [5.74, 6) is 0. The summed E-state index contributed by atoms with van der Waals surface area (Å²) < 4.78 is 18.4. The average Bonchev–Trinajstić information content (AvgIpc) is 1.99. The van der Waals surface area contributed by atoms with E-state index in [4.69, 9.17) is 0 Å². The fourth-order valence-electron chi connectivity index (χ4n) is 1.38. The van der Waals surface area contributed by atoms with Gasteiger partial charge in [-0.2, -0.15) is 4.20 Å². The Kier molecular flexibility index (Phi) is 5.90. The van der Waals surface area contributed by atoms with E-state index in [1.165, 1.54) is 0 Å². The number of rotatable bonds is 5. The van der Waals surface area contributed by atoms with E-state index >= 15 is 0 Å². The van der Waals surface area contributed by atoms with E-state index in [1.54, 1.807) is 0 Å². The van der Waals surface area contributed by atoms with Gasteiger partial charge in [-0.05, 0) is 34.7 Å². The normalized spacial score (nSPS) is 15.8. The highest BCUT2D eigenvalue weighted by atomic mass is 31.2. The van der Waals surface area contributed by atoms with E-state index in [0.29, 0.717) is 0 Å². The smallest absolute Gasteiger partial charge is 0.230 e. The lowest BCUT2D eigenvalue weighted by atomic mass is 10.3. The zero-order valence-corrected chi connectivity index (χ0v) is 13.3. The molecule has 1 unspecified atom stereocenters. The van der Waals surface area contributed by atoms with Gasteiger partial charge in [0.1, 0.15) is 8.24 Å². The average molecular weight is 252 g/mol.